The lowest BCUT2D eigenvalue weighted by Crippen LogP contribution is -2.21. The molecule has 0 aliphatic carbocycles. The minimum absolute atomic E-state index is 0.0806. The fourth-order valence-electron chi connectivity index (χ4n) is 3.12. The van der Waals surface area contributed by atoms with E-state index in [0.717, 1.165) is 41.0 Å². The molecule has 3 rings (SSSR count). The molecule has 2 heterocycles. The Bertz CT molecular complexity index is 587. The number of nitrogens with zero attached hydrogens (tertiary/aromatic N) is 2. The number of hydrogen-bond acceptors (Lipinski definition) is 2. The van der Waals surface area contributed by atoms with E-state index in [1.54, 1.807) is 0 Å². The zero-order valence-electron chi connectivity index (χ0n) is 11.7. The minimum atomic E-state index is 0.0806. The molecule has 0 radical (unpaired) electrons. The number of aromatic nitrogens is 1. The summed E-state index contributed by atoms with van der Waals surface area (Å²) in [5.41, 5.74) is 2.11. The topological polar surface area (TPSA) is 28.4 Å². The van der Waals surface area contributed by atoms with E-state index in [1.165, 1.54) is 25.9 Å². The van der Waals surface area contributed by atoms with Gasteiger partial charge in [-0.05, 0) is 51.0 Å². The smallest absolute Gasteiger partial charge is 0.0702 e. The van der Waals surface area contributed by atoms with Crippen molar-refractivity contribution in [2.24, 2.45) is 0 Å². The first-order valence-corrected chi connectivity index (χ1v) is 7.76. The maximum absolute atomic E-state index is 9.46. The van der Waals surface area contributed by atoms with Gasteiger partial charge in [0, 0.05) is 34.2 Å². The van der Waals surface area contributed by atoms with Gasteiger partial charge in [-0.2, -0.15) is 0 Å². The largest absolute Gasteiger partial charge is 0.392 e. The second-order valence-corrected chi connectivity index (χ2v) is 6.01. The van der Waals surface area contributed by atoms with E-state index in [1.807, 2.05) is 18.2 Å². The van der Waals surface area contributed by atoms with Crippen molar-refractivity contribution < 1.29 is 5.11 Å². The van der Waals surface area contributed by atoms with Crippen molar-refractivity contribution >= 4 is 22.5 Å². The molecule has 1 aliphatic heterocycles. The highest BCUT2D eigenvalue weighted by Gasteiger charge is 2.12. The van der Waals surface area contributed by atoms with Crippen molar-refractivity contribution in [3.05, 3.63) is 35.0 Å². The Morgan fingerprint density at radius 3 is 2.70 bits per heavy atom. The zero-order valence-corrected chi connectivity index (χ0v) is 12.4. The second-order valence-electron chi connectivity index (χ2n) is 5.57. The molecule has 0 atom stereocenters. The maximum atomic E-state index is 9.46. The summed E-state index contributed by atoms with van der Waals surface area (Å²) in [7, 11) is 0. The van der Waals surface area contributed by atoms with E-state index in [4.69, 9.17) is 11.6 Å². The predicted octanol–water partition coefficient (Wildman–Crippen LogP) is 3.27. The number of likely N-dealkylation sites (tertiary alicyclic amines) is 1. The van der Waals surface area contributed by atoms with Gasteiger partial charge in [-0.1, -0.05) is 17.7 Å². The number of rotatable bonds is 5. The van der Waals surface area contributed by atoms with E-state index in [9.17, 15) is 5.11 Å². The SMILES string of the molecule is OCc1cn(CCCN2CCCC2)c2cc(Cl)ccc12. The molecule has 1 aromatic heterocycles. The molecule has 2 aromatic rings. The third-order valence-electron chi connectivity index (χ3n) is 4.17. The van der Waals surface area contributed by atoms with E-state index in [2.05, 4.69) is 15.7 Å². The molecule has 1 N–H and O–H groups in total. The molecule has 108 valence electrons. The third-order valence-corrected chi connectivity index (χ3v) is 4.40. The molecular formula is C16H21ClN2O. The molecule has 3 nitrogen and oxygen atoms in total. The van der Waals surface area contributed by atoms with Crippen LogP contribution in [0.1, 0.15) is 24.8 Å². The first-order valence-electron chi connectivity index (χ1n) is 7.38. The van der Waals surface area contributed by atoms with Crippen molar-refractivity contribution in [1.29, 1.82) is 0 Å². The van der Waals surface area contributed by atoms with Gasteiger partial charge in [0.05, 0.1) is 6.61 Å². The van der Waals surface area contributed by atoms with Crippen molar-refractivity contribution in [1.82, 2.24) is 9.47 Å². The van der Waals surface area contributed by atoms with Crippen LogP contribution in [0.15, 0.2) is 24.4 Å². The van der Waals surface area contributed by atoms with Gasteiger partial charge in [-0.25, -0.2) is 0 Å². The Morgan fingerprint density at radius 1 is 1.15 bits per heavy atom. The zero-order chi connectivity index (χ0) is 13.9. The molecule has 0 unspecified atom stereocenters. The molecule has 1 aromatic carbocycles. The first-order chi connectivity index (χ1) is 9.78. The summed E-state index contributed by atoms with van der Waals surface area (Å²) in [5.74, 6) is 0. The third kappa shape index (κ3) is 2.85. The van der Waals surface area contributed by atoms with Crippen LogP contribution in [0.25, 0.3) is 10.9 Å². The maximum Gasteiger partial charge on any atom is 0.0702 e. The van der Waals surface area contributed by atoms with Crippen LogP contribution in [0.2, 0.25) is 5.02 Å². The monoisotopic (exact) mass is 292 g/mol. The van der Waals surface area contributed by atoms with Gasteiger partial charge >= 0.3 is 0 Å². The fourth-order valence-corrected chi connectivity index (χ4v) is 3.29. The molecule has 4 heteroatoms. The Morgan fingerprint density at radius 2 is 1.95 bits per heavy atom. The summed E-state index contributed by atoms with van der Waals surface area (Å²) >= 11 is 6.10. The van der Waals surface area contributed by atoms with Crippen LogP contribution in [-0.4, -0.2) is 34.2 Å². The number of aryl methyl sites for hydroxylation is 1. The van der Waals surface area contributed by atoms with Crippen LogP contribution in [0, 0.1) is 0 Å². The highest BCUT2D eigenvalue weighted by atomic mass is 35.5. The Labute approximate surface area is 124 Å². The summed E-state index contributed by atoms with van der Waals surface area (Å²) < 4.78 is 2.23. The van der Waals surface area contributed by atoms with Gasteiger partial charge in [-0.15, -0.1) is 0 Å². The molecule has 1 aliphatic rings. The van der Waals surface area contributed by atoms with E-state index < -0.39 is 0 Å². The van der Waals surface area contributed by atoms with Crippen molar-refractivity contribution in [3.8, 4) is 0 Å². The van der Waals surface area contributed by atoms with Gasteiger partial charge in [-0.3, -0.25) is 0 Å². The molecule has 0 amide bonds. The highest BCUT2D eigenvalue weighted by molar-refractivity contribution is 6.31. The quantitative estimate of drug-likeness (QED) is 0.916. The lowest BCUT2D eigenvalue weighted by Gasteiger charge is -2.14. The minimum Gasteiger partial charge on any atom is -0.392 e. The Balaban J connectivity index is 1.74. The average Bonchev–Trinajstić information content (AvgIpc) is 3.07. The summed E-state index contributed by atoms with van der Waals surface area (Å²) in [4.78, 5) is 2.53. The fraction of sp³-hybridized carbons (Fsp3) is 0.500. The summed E-state index contributed by atoms with van der Waals surface area (Å²) in [5, 5.41) is 11.3. The predicted molar refractivity (Wildman–Crippen MR) is 83.2 cm³/mol. The van der Waals surface area contributed by atoms with E-state index >= 15 is 0 Å². The van der Waals surface area contributed by atoms with Crippen LogP contribution in [0.4, 0.5) is 0 Å². The molecule has 1 saturated heterocycles. The summed E-state index contributed by atoms with van der Waals surface area (Å²) in [6.45, 7) is 4.72. The van der Waals surface area contributed by atoms with Crippen LogP contribution in [-0.2, 0) is 13.2 Å². The highest BCUT2D eigenvalue weighted by Crippen LogP contribution is 2.25. The van der Waals surface area contributed by atoms with Crippen LogP contribution >= 0.6 is 11.6 Å². The first kappa shape index (κ1) is 13.9. The average molecular weight is 293 g/mol. The molecule has 0 saturated carbocycles. The van der Waals surface area contributed by atoms with Gasteiger partial charge in [0.15, 0.2) is 0 Å². The number of aliphatic hydroxyl groups is 1. The van der Waals surface area contributed by atoms with Gasteiger partial charge in [0.1, 0.15) is 0 Å². The van der Waals surface area contributed by atoms with Crippen LogP contribution in [0.5, 0.6) is 0 Å². The van der Waals surface area contributed by atoms with Crippen LogP contribution in [0.3, 0.4) is 0 Å². The number of aliphatic hydroxyl groups excluding tert-OH is 1. The summed E-state index contributed by atoms with van der Waals surface area (Å²) in [6, 6.07) is 5.88. The normalized spacial score (nSPS) is 16.3. The van der Waals surface area contributed by atoms with Gasteiger partial charge in [0.2, 0.25) is 0 Å². The van der Waals surface area contributed by atoms with Gasteiger partial charge < -0.3 is 14.6 Å². The number of halogens is 1. The Hall–Kier alpha value is -1.03. The molecule has 1 fully saturated rings. The number of hydrogen-bond donors (Lipinski definition) is 1. The molecular weight excluding hydrogens is 272 g/mol. The van der Waals surface area contributed by atoms with E-state index in [0.29, 0.717) is 0 Å². The standard InChI is InChI=1S/C16H21ClN2O/c17-14-4-5-15-13(12-20)11-19(16(15)10-14)9-3-8-18-6-1-2-7-18/h4-5,10-11,20H,1-3,6-9,12H2. The lowest BCUT2D eigenvalue weighted by molar-refractivity contribution is 0.283. The van der Waals surface area contributed by atoms with Gasteiger partial charge in [0.25, 0.3) is 0 Å². The molecule has 0 bridgehead atoms. The second kappa shape index (κ2) is 6.17. The summed E-state index contributed by atoms with van der Waals surface area (Å²) in [6.07, 6.45) is 5.89. The molecule has 20 heavy (non-hydrogen) atoms. The van der Waals surface area contributed by atoms with Crippen molar-refractivity contribution in [2.45, 2.75) is 32.4 Å². The van der Waals surface area contributed by atoms with Crippen LogP contribution < -0.4 is 0 Å². The number of fused-ring (bicyclic) bond motifs is 1. The van der Waals surface area contributed by atoms with Crippen molar-refractivity contribution in [2.75, 3.05) is 19.6 Å². The Kier molecular flexibility index (Phi) is 4.29. The number of benzene rings is 1. The van der Waals surface area contributed by atoms with E-state index in [-0.39, 0.29) is 6.61 Å². The molecule has 0 spiro atoms. The van der Waals surface area contributed by atoms with Crippen molar-refractivity contribution in [3.63, 3.8) is 0 Å². The lowest BCUT2D eigenvalue weighted by atomic mass is 10.2.